The van der Waals surface area contributed by atoms with E-state index in [1.54, 1.807) is 0 Å². The van der Waals surface area contributed by atoms with Crippen LogP contribution in [0, 0.1) is 0 Å². The van der Waals surface area contributed by atoms with Gasteiger partial charge in [0.05, 0.1) is 6.61 Å². The second-order valence-corrected chi connectivity index (χ2v) is 5.14. The predicted molar refractivity (Wildman–Crippen MR) is 71.4 cm³/mol. The third-order valence-corrected chi connectivity index (χ3v) is 3.55. The van der Waals surface area contributed by atoms with E-state index < -0.39 is 42.6 Å². The molecule has 7 heteroatoms. The second-order valence-electron chi connectivity index (χ2n) is 5.14. The Balaban J connectivity index is 1.81. The lowest BCUT2D eigenvalue weighted by Crippen LogP contribution is -2.60. The number of carbonyl (C=O) groups is 2. The predicted octanol–water partition coefficient (Wildman–Crippen LogP) is 0.319. The van der Waals surface area contributed by atoms with Crippen molar-refractivity contribution in [2.24, 2.45) is 0 Å². The second kappa shape index (κ2) is 6.13. The maximum Gasteiger partial charge on any atom is 0.303 e. The molecule has 2 aliphatic rings. The lowest BCUT2D eigenvalue weighted by molar-refractivity contribution is -0.315. The van der Waals surface area contributed by atoms with Crippen LogP contribution in [0.4, 0.5) is 0 Å². The van der Waals surface area contributed by atoms with Gasteiger partial charge in [0.1, 0.15) is 12.2 Å². The van der Waals surface area contributed by atoms with Crippen molar-refractivity contribution < 1.29 is 33.6 Å². The number of ketones is 1. The topological polar surface area (TPSA) is 91.3 Å². The molecule has 118 valence electrons. The van der Waals surface area contributed by atoms with E-state index in [4.69, 9.17) is 18.9 Å². The zero-order valence-electron chi connectivity index (χ0n) is 11.9. The number of ether oxygens (including phenoxy) is 4. The first-order chi connectivity index (χ1) is 10.6. The Morgan fingerprint density at radius 3 is 2.68 bits per heavy atom. The molecule has 0 saturated carbocycles. The number of benzene rings is 1. The first-order valence-electron chi connectivity index (χ1n) is 6.93. The summed E-state index contributed by atoms with van der Waals surface area (Å²) in [5.74, 6) is -1.36. The van der Waals surface area contributed by atoms with Crippen LogP contribution in [-0.4, -0.2) is 48.1 Å². The number of Topliss-reactive ketones (excluding diaryl/α,β-unsaturated/α-hetero) is 1. The highest BCUT2D eigenvalue weighted by Crippen LogP contribution is 2.33. The highest BCUT2D eigenvalue weighted by atomic mass is 16.7. The van der Waals surface area contributed by atoms with Crippen molar-refractivity contribution in [1.29, 1.82) is 0 Å². The molecule has 7 nitrogen and oxygen atoms in total. The van der Waals surface area contributed by atoms with E-state index in [1.807, 2.05) is 30.3 Å². The fourth-order valence-corrected chi connectivity index (χ4v) is 2.55. The Labute approximate surface area is 126 Å². The van der Waals surface area contributed by atoms with E-state index in [-0.39, 0.29) is 6.61 Å². The van der Waals surface area contributed by atoms with Crippen molar-refractivity contribution >= 4 is 11.8 Å². The highest BCUT2D eigenvalue weighted by Gasteiger charge is 2.50. The molecule has 0 aliphatic carbocycles. The minimum atomic E-state index is -1.65. The molecule has 2 unspecified atom stereocenters. The van der Waals surface area contributed by atoms with Crippen LogP contribution in [0.25, 0.3) is 0 Å². The molecule has 0 radical (unpaired) electrons. The van der Waals surface area contributed by atoms with Gasteiger partial charge in [-0.15, -0.1) is 0 Å². The maximum atomic E-state index is 12.0. The molecule has 2 fully saturated rings. The van der Waals surface area contributed by atoms with E-state index in [0.29, 0.717) is 0 Å². The molecule has 22 heavy (non-hydrogen) atoms. The average molecular weight is 308 g/mol. The molecule has 2 aliphatic heterocycles. The lowest BCUT2D eigenvalue weighted by atomic mass is 9.99. The Kier molecular flexibility index (Phi) is 4.21. The van der Waals surface area contributed by atoms with Gasteiger partial charge in [0, 0.05) is 12.5 Å². The van der Waals surface area contributed by atoms with Gasteiger partial charge in [0.15, 0.2) is 12.4 Å². The van der Waals surface area contributed by atoms with E-state index in [2.05, 4.69) is 0 Å². The van der Waals surface area contributed by atoms with Gasteiger partial charge in [0.2, 0.25) is 12.1 Å². The van der Waals surface area contributed by atoms with Crippen LogP contribution >= 0.6 is 0 Å². The zero-order chi connectivity index (χ0) is 15.7. The standard InChI is InChI=1S/C15H16O7/c1-8(16)20-13-11(17)14(18)21-10-7-19-15(22-12(10)13)9-5-3-2-4-6-9/h2-6,10,12-15,18H,7H2,1H3/t10-,12+,13-,14?,15?/m1/s1. The lowest BCUT2D eigenvalue weighted by Gasteiger charge is -2.43. The highest BCUT2D eigenvalue weighted by molar-refractivity contribution is 5.89. The first kappa shape index (κ1) is 15.1. The molecule has 3 rings (SSSR count). The van der Waals surface area contributed by atoms with Crippen LogP contribution in [0.15, 0.2) is 30.3 Å². The summed E-state index contributed by atoms with van der Waals surface area (Å²) in [5.41, 5.74) is 0.779. The largest absolute Gasteiger partial charge is 0.451 e. The molecule has 1 aromatic rings. The number of esters is 1. The van der Waals surface area contributed by atoms with Crippen LogP contribution in [0.3, 0.4) is 0 Å². The molecule has 0 aromatic heterocycles. The summed E-state index contributed by atoms with van der Waals surface area (Å²) in [6.07, 6.45) is -5.05. The minimum Gasteiger partial charge on any atom is -0.451 e. The summed E-state index contributed by atoms with van der Waals surface area (Å²) in [4.78, 5) is 23.2. The molecular formula is C15H16O7. The monoisotopic (exact) mass is 308 g/mol. The third-order valence-electron chi connectivity index (χ3n) is 3.55. The Morgan fingerprint density at radius 1 is 1.27 bits per heavy atom. The van der Waals surface area contributed by atoms with Crippen molar-refractivity contribution in [2.45, 2.75) is 37.8 Å². The van der Waals surface area contributed by atoms with Gasteiger partial charge in [-0.2, -0.15) is 0 Å². The number of aliphatic hydroxyl groups excluding tert-OH is 1. The minimum absolute atomic E-state index is 0.117. The number of fused-ring (bicyclic) bond motifs is 1. The van der Waals surface area contributed by atoms with Gasteiger partial charge >= 0.3 is 5.97 Å². The van der Waals surface area contributed by atoms with Gasteiger partial charge < -0.3 is 24.1 Å². The fourth-order valence-electron chi connectivity index (χ4n) is 2.55. The van der Waals surface area contributed by atoms with E-state index in [9.17, 15) is 14.7 Å². The zero-order valence-corrected chi connectivity index (χ0v) is 11.9. The van der Waals surface area contributed by atoms with E-state index >= 15 is 0 Å². The average Bonchev–Trinajstić information content (AvgIpc) is 2.52. The number of hydrogen-bond acceptors (Lipinski definition) is 7. The third kappa shape index (κ3) is 2.89. The molecule has 1 aromatic carbocycles. The number of aliphatic hydroxyl groups is 1. The van der Waals surface area contributed by atoms with Crippen LogP contribution in [-0.2, 0) is 28.5 Å². The molecule has 0 amide bonds. The Hall–Kier alpha value is -1.80. The van der Waals surface area contributed by atoms with Crippen molar-refractivity contribution in [3.05, 3.63) is 35.9 Å². The summed E-state index contributed by atoms with van der Waals surface area (Å²) in [6.45, 7) is 1.31. The quantitative estimate of drug-likeness (QED) is 0.787. The van der Waals surface area contributed by atoms with E-state index in [0.717, 1.165) is 5.56 Å². The van der Waals surface area contributed by atoms with Gasteiger partial charge in [0.25, 0.3) is 0 Å². The van der Waals surface area contributed by atoms with Crippen LogP contribution in [0.1, 0.15) is 18.8 Å². The molecule has 5 atom stereocenters. The Morgan fingerprint density at radius 2 is 2.00 bits per heavy atom. The van der Waals surface area contributed by atoms with Crippen molar-refractivity contribution in [3.63, 3.8) is 0 Å². The van der Waals surface area contributed by atoms with Gasteiger partial charge in [-0.05, 0) is 0 Å². The van der Waals surface area contributed by atoms with Crippen molar-refractivity contribution in [1.82, 2.24) is 0 Å². The summed E-state index contributed by atoms with van der Waals surface area (Å²) in [6, 6.07) is 9.19. The summed E-state index contributed by atoms with van der Waals surface area (Å²) in [5, 5.41) is 9.61. The molecule has 2 heterocycles. The van der Waals surface area contributed by atoms with Crippen molar-refractivity contribution in [3.8, 4) is 0 Å². The van der Waals surface area contributed by atoms with Gasteiger partial charge in [-0.3, -0.25) is 9.59 Å². The number of carbonyl (C=O) groups excluding carboxylic acids is 2. The number of hydrogen-bond donors (Lipinski definition) is 1. The van der Waals surface area contributed by atoms with Crippen LogP contribution in [0.2, 0.25) is 0 Å². The van der Waals surface area contributed by atoms with Gasteiger partial charge in [-0.25, -0.2) is 0 Å². The maximum absolute atomic E-state index is 12.0. The summed E-state index contributed by atoms with van der Waals surface area (Å²) in [7, 11) is 0. The molecule has 2 saturated heterocycles. The molecule has 0 bridgehead atoms. The summed E-state index contributed by atoms with van der Waals surface area (Å²) >= 11 is 0. The molecular weight excluding hydrogens is 292 g/mol. The SMILES string of the molecule is CC(=O)O[C@@H]1C(=O)C(O)O[C@@H]2COC(c3ccccc3)O[C@H]12. The number of rotatable bonds is 2. The first-order valence-corrected chi connectivity index (χ1v) is 6.93. The van der Waals surface area contributed by atoms with Gasteiger partial charge in [-0.1, -0.05) is 30.3 Å². The Bertz CT molecular complexity index is 558. The van der Waals surface area contributed by atoms with Crippen molar-refractivity contribution in [2.75, 3.05) is 6.61 Å². The van der Waals surface area contributed by atoms with E-state index in [1.165, 1.54) is 6.92 Å². The normalized spacial score (nSPS) is 34.8. The molecule has 1 N–H and O–H groups in total. The summed E-state index contributed by atoms with van der Waals surface area (Å²) < 4.78 is 21.5. The smallest absolute Gasteiger partial charge is 0.303 e. The molecule has 0 spiro atoms. The fraction of sp³-hybridized carbons (Fsp3) is 0.467. The van der Waals surface area contributed by atoms with Crippen LogP contribution < -0.4 is 0 Å². The van der Waals surface area contributed by atoms with Crippen LogP contribution in [0.5, 0.6) is 0 Å².